The van der Waals surface area contributed by atoms with Crippen molar-refractivity contribution in [2.45, 2.75) is 36.6 Å². The topological polar surface area (TPSA) is 90.8 Å². The van der Waals surface area contributed by atoms with Crippen molar-refractivity contribution in [3.63, 3.8) is 0 Å². The predicted molar refractivity (Wildman–Crippen MR) is 115 cm³/mol. The molecule has 2 aromatic rings. The van der Waals surface area contributed by atoms with Gasteiger partial charge in [0.25, 0.3) is 0 Å². The Morgan fingerprint density at radius 3 is 2.21 bits per heavy atom. The fourth-order valence-corrected chi connectivity index (χ4v) is 7.37. The van der Waals surface area contributed by atoms with E-state index in [4.69, 9.17) is 0 Å². The van der Waals surface area contributed by atoms with Crippen molar-refractivity contribution < 1.29 is 31.5 Å². The van der Waals surface area contributed by atoms with Crippen molar-refractivity contribution in [1.29, 1.82) is 0 Å². The summed E-state index contributed by atoms with van der Waals surface area (Å²) >= 11 is 0. The number of aliphatic carboxylic acids is 1. The van der Waals surface area contributed by atoms with Crippen molar-refractivity contribution in [1.82, 2.24) is 9.29 Å². The summed E-state index contributed by atoms with van der Waals surface area (Å²) in [5.74, 6) is -1.09. The van der Waals surface area contributed by atoms with Crippen LogP contribution in [0.15, 0.2) is 42.6 Å². The number of fused-ring (bicyclic) bond motifs is 1. The molecular formula is C22H24F3N3O4S. The Morgan fingerprint density at radius 1 is 1.06 bits per heavy atom. The Labute approximate surface area is 189 Å². The third kappa shape index (κ3) is 3.48. The fraction of sp³-hybridized carbons (Fsp3) is 0.455. The minimum Gasteiger partial charge on any atom is -0.480 e. The SMILES string of the molecule is CC1(C)c2ccccc2C[C@]1(C(=O)O)S(=O)(=O)N1CCN(c2ccc(C(F)(F)F)cn2)CC1. The molecule has 4 rings (SSSR count). The zero-order valence-electron chi connectivity index (χ0n) is 18.1. The van der Waals surface area contributed by atoms with E-state index in [-0.39, 0.29) is 32.6 Å². The van der Waals surface area contributed by atoms with E-state index in [1.165, 1.54) is 10.4 Å². The molecule has 1 fully saturated rings. The summed E-state index contributed by atoms with van der Waals surface area (Å²) in [4.78, 5) is 18.1. The number of sulfonamides is 1. The Morgan fingerprint density at radius 2 is 1.70 bits per heavy atom. The Hall–Kier alpha value is -2.66. The summed E-state index contributed by atoms with van der Waals surface area (Å²) in [5, 5.41) is 10.2. The number of alkyl halides is 3. The van der Waals surface area contributed by atoms with Gasteiger partial charge in [0.05, 0.1) is 5.56 Å². The van der Waals surface area contributed by atoms with Crippen LogP contribution < -0.4 is 4.90 Å². The third-order valence-electron chi connectivity index (χ3n) is 6.90. The Balaban J connectivity index is 1.58. The minimum atomic E-state index is -4.49. The highest BCUT2D eigenvalue weighted by Gasteiger charge is 2.67. The van der Waals surface area contributed by atoms with E-state index in [2.05, 4.69) is 4.98 Å². The maximum absolute atomic E-state index is 13.8. The maximum atomic E-state index is 13.8. The summed E-state index contributed by atoms with van der Waals surface area (Å²) in [5.41, 5.74) is -0.635. The number of rotatable bonds is 4. The van der Waals surface area contributed by atoms with Crippen LogP contribution in [0, 0.1) is 0 Å². The molecule has 1 aromatic heterocycles. The number of carbonyl (C=O) groups is 1. The number of pyridine rings is 1. The molecule has 0 radical (unpaired) electrons. The van der Waals surface area contributed by atoms with Crippen molar-refractivity contribution in [3.05, 3.63) is 59.3 Å². The van der Waals surface area contributed by atoms with E-state index < -0.39 is 37.9 Å². The van der Waals surface area contributed by atoms with Crippen LogP contribution in [0.2, 0.25) is 0 Å². The first kappa shape index (κ1) is 23.5. The third-order valence-corrected chi connectivity index (χ3v) is 9.66. The average molecular weight is 484 g/mol. The normalized spacial score (nSPS) is 23.4. The Bertz CT molecular complexity index is 1170. The van der Waals surface area contributed by atoms with Gasteiger partial charge >= 0.3 is 12.1 Å². The molecule has 2 heterocycles. The van der Waals surface area contributed by atoms with Crippen molar-refractivity contribution in [3.8, 4) is 0 Å². The molecule has 2 aliphatic rings. The lowest BCUT2D eigenvalue weighted by atomic mass is 9.78. The second kappa shape index (κ2) is 7.69. The number of carboxylic acid groups (broad SMARTS) is 1. The number of benzene rings is 1. The molecule has 0 bridgehead atoms. The second-order valence-corrected chi connectivity index (χ2v) is 11.0. The van der Waals surface area contributed by atoms with Gasteiger partial charge in [0.15, 0.2) is 4.75 Å². The van der Waals surface area contributed by atoms with Gasteiger partial charge in [-0.1, -0.05) is 38.1 Å². The molecule has 33 heavy (non-hydrogen) atoms. The molecule has 1 saturated heterocycles. The fourth-order valence-electron chi connectivity index (χ4n) is 4.98. The summed E-state index contributed by atoms with van der Waals surface area (Å²) < 4.78 is 65.1. The van der Waals surface area contributed by atoms with Gasteiger partial charge in [0, 0.05) is 44.2 Å². The van der Waals surface area contributed by atoms with Crippen molar-refractivity contribution in [2.75, 3.05) is 31.1 Å². The molecule has 1 N–H and O–H groups in total. The molecule has 0 saturated carbocycles. The van der Waals surface area contributed by atoms with E-state index >= 15 is 0 Å². The average Bonchev–Trinajstić information content (AvgIpc) is 3.02. The van der Waals surface area contributed by atoms with Crippen LogP contribution in [0.3, 0.4) is 0 Å². The van der Waals surface area contributed by atoms with Crippen LogP contribution in [-0.2, 0) is 32.8 Å². The molecule has 1 aliphatic heterocycles. The first-order valence-electron chi connectivity index (χ1n) is 10.4. The molecule has 0 amide bonds. The van der Waals surface area contributed by atoms with Crippen LogP contribution in [-0.4, -0.2) is 59.7 Å². The van der Waals surface area contributed by atoms with E-state index in [0.717, 1.165) is 12.3 Å². The van der Waals surface area contributed by atoms with E-state index in [1.807, 2.05) is 0 Å². The number of anilines is 1. The summed E-state index contributed by atoms with van der Waals surface area (Å²) in [7, 11) is -4.29. The second-order valence-electron chi connectivity index (χ2n) is 8.89. The number of piperazine rings is 1. The molecule has 1 aliphatic carbocycles. The van der Waals surface area contributed by atoms with Crippen LogP contribution >= 0.6 is 0 Å². The van der Waals surface area contributed by atoms with E-state index in [9.17, 15) is 31.5 Å². The molecule has 1 atom stereocenters. The zero-order chi connectivity index (χ0) is 24.2. The monoisotopic (exact) mass is 483 g/mol. The Kier molecular flexibility index (Phi) is 5.48. The number of carboxylic acids is 1. The van der Waals surface area contributed by atoms with Gasteiger partial charge in [-0.2, -0.15) is 17.5 Å². The predicted octanol–water partition coefficient (Wildman–Crippen LogP) is 2.91. The van der Waals surface area contributed by atoms with Crippen LogP contribution in [0.25, 0.3) is 0 Å². The van der Waals surface area contributed by atoms with Gasteiger partial charge in [0.2, 0.25) is 10.0 Å². The summed E-state index contributed by atoms with van der Waals surface area (Å²) in [6, 6.07) is 9.23. The zero-order valence-corrected chi connectivity index (χ0v) is 18.9. The molecule has 0 spiro atoms. The van der Waals surface area contributed by atoms with Crippen LogP contribution in [0.4, 0.5) is 19.0 Å². The molecule has 11 heteroatoms. The standard InChI is InChI=1S/C22H24F3N3O4S/c1-20(2)17-6-4-3-5-15(17)13-21(20,19(29)30)33(31,32)28-11-9-27(10-12-28)18-8-7-16(14-26-18)22(23,24)25/h3-8,14H,9-13H2,1-2H3,(H,29,30)/t21-/m1/s1. The van der Waals surface area contributed by atoms with Crippen LogP contribution in [0.5, 0.6) is 0 Å². The number of aromatic nitrogens is 1. The van der Waals surface area contributed by atoms with Gasteiger partial charge in [0.1, 0.15) is 5.82 Å². The molecule has 0 unspecified atom stereocenters. The largest absolute Gasteiger partial charge is 0.480 e. The molecular weight excluding hydrogens is 459 g/mol. The minimum absolute atomic E-state index is 0.00644. The van der Waals surface area contributed by atoms with Gasteiger partial charge in [-0.25, -0.2) is 13.4 Å². The van der Waals surface area contributed by atoms with Gasteiger partial charge in [-0.3, -0.25) is 4.79 Å². The highest BCUT2D eigenvalue weighted by Crippen LogP contribution is 2.51. The molecule has 7 nitrogen and oxygen atoms in total. The number of halogens is 3. The maximum Gasteiger partial charge on any atom is 0.417 e. The van der Waals surface area contributed by atoms with Crippen LogP contribution in [0.1, 0.15) is 30.5 Å². The lowest BCUT2D eigenvalue weighted by Crippen LogP contribution is -2.64. The van der Waals surface area contributed by atoms with Gasteiger partial charge in [-0.15, -0.1) is 0 Å². The lowest BCUT2D eigenvalue weighted by molar-refractivity contribution is -0.142. The van der Waals surface area contributed by atoms with Crippen molar-refractivity contribution in [2.24, 2.45) is 0 Å². The highest BCUT2D eigenvalue weighted by molar-refractivity contribution is 7.91. The highest BCUT2D eigenvalue weighted by atomic mass is 32.2. The molecule has 1 aromatic carbocycles. The van der Waals surface area contributed by atoms with Gasteiger partial charge in [-0.05, 0) is 23.3 Å². The lowest BCUT2D eigenvalue weighted by Gasteiger charge is -2.43. The van der Waals surface area contributed by atoms with Gasteiger partial charge < -0.3 is 10.0 Å². The van der Waals surface area contributed by atoms with E-state index in [1.54, 1.807) is 43.0 Å². The first-order chi connectivity index (χ1) is 15.3. The van der Waals surface area contributed by atoms with E-state index in [0.29, 0.717) is 16.9 Å². The number of nitrogens with zero attached hydrogens (tertiary/aromatic N) is 3. The summed E-state index contributed by atoms with van der Waals surface area (Å²) in [6.07, 6.45) is -3.88. The summed E-state index contributed by atoms with van der Waals surface area (Å²) in [6.45, 7) is 3.67. The number of hydrogen-bond donors (Lipinski definition) is 1. The van der Waals surface area contributed by atoms with Crippen molar-refractivity contribution >= 4 is 21.8 Å². The quantitative estimate of drug-likeness (QED) is 0.719. The molecule has 178 valence electrons. The first-order valence-corrected chi connectivity index (χ1v) is 11.9. The number of hydrogen-bond acceptors (Lipinski definition) is 5. The smallest absolute Gasteiger partial charge is 0.417 e.